The molecule has 0 aliphatic carbocycles. The van der Waals surface area contributed by atoms with Crippen LogP contribution in [0, 0.1) is 0 Å². The van der Waals surface area contributed by atoms with E-state index in [-0.39, 0.29) is 0 Å². The summed E-state index contributed by atoms with van der Waals surface area (Å²) >= 11 is 0. The Bertz CT molecular complexity index is 451. The van der Waals surface area contributed by atoms with E-state index >= 15 is 0 Å². The first-order valence-corrected chi connectivity index (χ1v) is 6.56. The van der Waals surface area contributed by atoms with Gasteiger partial charge in [-0.3, -0.25) is 4.72 Å². The van der Waals surface area contributed by atoms with Crippen molar-refractivity contribution in [3.05, 3.63) is 24.3 Å². The van der Waals surface area contributed by atoms with Crippen molar-refractivity contribution in [3.63, 3.8) is 0 Å². The highest BCUT2D eigenvalue weighted by Gasteiger charge is 2.31. The summed E-state index contributed by atoms with van der Waals surface area (Å²) in [7, 11) is -3.32. The van der Waals surface area contributed by atoms with Gasteiger partial charge < -0.3 is 4.74 Å². The molecule has 0 spiro atoms. The van der Waals surface area contributed by atoms with Gasteiger partial charge in [0, 0.05) is 13.1 Å². The number of hydrogen-bond acceptors (Lipinski definition) is 3. The van der Waals surface area contributed by atoms with Gasteiger partial charge in [-0.1, -0.05) is 0 Å². The number of nitrogens with one attached hydrogen (secondary N) is 1. The molecule has 0 atom stereocenters. The highest BCUT2D eigenvalue weighted by molar-refractivity contribution is 7.90. The number of hydrogen-bond donors (Lipinski definition) is 1. The van der Waals surface area contributed by atoms with Crippen LogP contribution in [0.2, 0.25) is 0 Å². The summed E-state index contributed by atoms with van der Waals surface area (Å²) in [5, 5.41) is 0. The van der Waals surface area contributed by atoms with Crippen molar-refractivity contribution in [2.75, 3.05) is 24.4 Å². The minimum absolute atomic E-state index is 0.551. The Labute approximate surface area is 95.2 Å². The Morgan fingerprint density at radius 1 is 1.31 bits per heavy atom. The Hall–Kier alpha value is -1.27. The number of rotatable bonds is 5. The smallest absolute Gasteiger partial charge is 0.301 e. The third-order valence-electron chi connectivity index (χ3n) is 2.16. The molecule has 1 aromatic rings. The molecule has 0 saturated carbocycles. The largest absolute Gasteiger partial charge is 0.494 e. The first-order valence-electron chi connectivity index (χ1n) is 5.12. The van der Waals surface area contributed by atoms with Crippen LogP contribution in [0.3, 0.4) is 0 Å². The van der Waals surface area contributed by atoms with E-state index in [2.05, 4.69) is 4.72 Å². The molecule has 0 radical (unpaired) electrons. The lowest BCUT2D eigenvalue weighted by molar-refractivity contribution is 0.340. The van der Waals surface area contributed by atoms with Gasteiger partial charge in [0.25, 0.3) is 0 Å². The Morgan fingerprint density at radius 2 is 1.94 bits per heavy atom. The maximum absolute atomic E-state index is 11.6. The summed E-state index contributed by atoms with van der Waals surface area (Å²) in [4.78, 5) is 0. The van der Waals surface area contributed by atoms with E-state index in [1.54, 1.807) is 24.3 Å². The van der Waals surface area contributed by atoms with Crippen LogP contribution in [0.15, 0.2) is 24.3 Å². The van der Waals surface area contributed by atoms with E-state index in [1.165, 1.54) is 4.31 Å². The fourth-order valence-electron chi connectivity index (χ4n) is 1.28. The molecule has 16 heavy (non-hydrogen) atoms. The van der Waals surface area contributed by atoms with E-state index < -0.39 is 10.2 Å². The molecule has 1 fully saturated rings. The molecule has 1 aromatic carbocycles. The van der Waals surface area contributed by atoms with E-state index in [1.807, 2.05) is 6.92 Å². The van der Waals surface area contributed by atoms with Crippen molar-refractivity contribution in [3.8, 4) is 5.75 Å². The van der Waals surface area contributed by atoms with Crippen LogP contribution in [0.1, 0.15) is 6.92 Å². The van der Waals surface area contributed by atoms with Crippen molar-refractivity contribution < 1.29 is 13.2 Å². The molecular weight excluding hydrogens is 228 g/mol. The predicted octanol–water partition coefficient (Wildman–Crippen LogP) is 1.06. The van der Waals surface area contributed by atoms with Crippen LogP contribution >= 0.6 is 0 Å². The van der Waals surface area contributed by atoms with Gasteiger partial charge in [-0.05, 0) is 31.2 Å². The molecule has 2 rings (SSSR count). The van der Waals surface area contributed by atoms with Crippen LogP contribution < -0.4 is 9.46 Å². The summed E-state index contributed by atoms with van der Waals surface area (Å²) in [6.07, 6.45) is 0. The molecule has 1 aliphatic heterocycles. The predicted molar refractivity (Wildman–Crippen MR) is 61.7 cm³/mol. The monoisotopic (exact) mass is 242 g/mol. The molecule has 88 valence electrons. The molecule has 5 nitrogen and oxygen atoms in total. The maximum atomic E-state index is 11.6. The van der Waals surface area contributed by atoms with Crippen molar-refractivity contribution >= 4 is 15.9 Å². The lowest BCUT2D eigenvalue weighted by Crippen LogP contribution is -2.20. The molecule has 0 aromatic heterocycles. The summed E-state index contributed by atoms with van der Waals surface area (Å²) in [5.41, 5.74) is 0.551. The Kier molecular flexibility index (Phi) is 3.02. The zero-order valence-corrected chi connectivity index (χ0v) is 9.83. The topological polar surface area (TPSA) is 58.4 Å². The SMILES string of the molecule is CCOc1ccc(NS(=O)(=O)N2CC2)cc1. The third kappa shape index (κ3) is 2.65. The normalized spacial score (nSPS) is 15.8. The molecule has 0 bridgehead atoms. The number of benzene rings is 1. The molecule has 0 unspecified atom stereocenters. The van der Waals surface area contributed by atoms with Gasteiger partial charge in [0.15, 0.2) is 0 Å². The minimum atomic E-state index is -3.32. The van der Waals surface area contributed by atoms with E-state index in [4.69, 9.17) is 4.74 Å². The van der Waals surface area contributed by atoms with Crippen LogP contribution in [0.4, 0.5) is 5.69 Å². The maximum Gasteiger partial charge on any atom is 0.301 e. The van der Waals surface area contributed by atoms with Crippen LogP contribution in [0.5, 0.6) is 5.75 Å². The second-order valence-electron chi connectivity index (χ2n) is 3.46. The highest BCUT2D eigenvalue weighted by Crippen LogP contribution is 2.19. The van der Waals surface area contributed by atoms with Gasteiger partial charge in [0.05, 0.1) is 12.3 Å². The third-order valence-corrected chi connectivity index (χ3v) is 3.70. The first kappa shape index (κ1) is 11.2. The van der Waals surface area contributed by atoms with Crippen LogP contribution in [-0.2, 0) is 10.2 Å². The van der Waals surface area contributed by atoms with Crippen molar-refractivity contribution in [2.45, 2.75) is 6.92 Å². The van der Waals surface area contributed by atoms with Gasteiger partial charge in [0.1, 0.15) is 5.75 Å². The quantitative estimate of drug-likeness (QED) is 0.785. The zero-order chi connectivity index (χ0) is 11.6. The molecule has 1 heterocycles. The van der Waals surface area contributed by atoms with Crippen molar-refractivity contribution in [1.82, 2.24) is 4.31 Å². The minimum Gasteiger partial charge on any atom is -0.494 e. The molecular formula is C10H14N2O3S. The second-order valence-corrected chi connectivity index (χ2v) is 5.13. The van der Waals surface area contributed by atoms with Gasteiger partial charge in [0.2, 0.25) is 0 Å². The molecule has 1 N–H and O–H groups in total. The van der Waals surface area contributed by atoms with Gasteiger partial charge in [-0.15, -0.1) is 0 Å². The summed E-state index contributed by atoms with van der Waals surface area (Å²) < 4.78 is 32.2. The average Bonchev–Trinajstić information content (AvgIpc) is 3.04. The lowest BCUT2D eigenvalue weighted by atomic mass is 10.3. The number of ether oxygens (including phenoxy) is 1. The first-order chi connectivity index (χ1) is 7.62. The number of anilines is 1. The fourth-order valence-corrected chi connectivity index (χ4v) is 2.41. The standard InChI is InChI=1S/C10H14N2O3S/c1-2-15-10-5-3-9(4-6-10)11-16(13,14)12-7-8-12/h3-6,11H,2,7-8H2,1H3. The average molecular weight is 242 g/mol. The van der Waals surface area contributed by atoms with E-state index in [0.717, 1.165) is 5.75 Å². The van der Waals surface area contributed by atoms with E-state index in [9.17, 15) is 8.42 Å². The summed E-state index contributed by atoms with van der Waals surface area (Å²) in [6.45, 7) is 3.70. The number of nitrogens with zero attached hydrogens (tertiary/aromatic N) is 1. The molecule has 1 saturated heterocycles. The zero-order valence-electron chi connectivity index (χ0n) is 9.01. The van der Waals surface area contributed by atoms with Gasteiger partial charge in [-0.2, -0.15) is 12.7 Å². The second kappa shape index (κ2) is 4.31. The van der Waals surface area contributed by atoms with Crippen LogP contribution in [-0.4, -0.2) is 32.4 Å². The molecule has 0 amide bonds. The summed E-state index contributed by atoms with van der Waals surface area (Å²) in [6, 6.07) is 6.85. The van der Waals surface area contributed by atoms with Crippen molar-refractivity contribution in [2.24, 2.45) is 0 Å². The summed E-state index contributed by atoms with van der Waals surface area (Å²) in [5.74, 6) is 0.733. The lowest BCUT2D eigenvalue weighted by Gasteiger charge is -2.08. The Morgan fingerprint density at radius 3 is 2.44 bits per heavy atom. The van der Waals surface area contributed by atoms with Gasteiger partial charge >= 0.3 is 10.2 Å². The Balaban J connectivity index is 2.04. The highest BCUT2D eigenvalue weighted by atomic mass is 32.2. The molecule has 6 heteroatoms. The van der Waals surface area contributed by atoms with Gasteiger partial charge in [-0.25, -0.2) is 0 Å². The fraction of sp³-hybridized carbons (Fsp3) is 0.400. The molecule has 1 aliphatic rings. The van der Waals surface area contributed by atoms with Crippen molar-refractivity contribution in [1.29, 1.82) is 0 Å². The van der Waals surface area contributed by atoms with Crippen LogP contribution in [0.25, 0.3) is 0 Å². The van der Waals surface area contributed by atoms with E-state index in [0.29, 0.717) is 25.4 Å².